The third-order valence-corrected chi connectivity index (χ3v) is 9.14. The van der Waals surface area contributed by atoms with Crippen molar-refractivity contribution < 1.29 is 15.0 Å². The summed E-state index contributed by atoms with van der Waals surface area (Å²) < 4.78 is 0. The summed E-state index contributed by atoms with van der Waals surface area (Å²) in [6, 6.07) is 0. The average Bonchev–Trinajstić information content (AvgIpc) is 2.78. The Labute approximate surface area is 146 Å². The molecule has 0 radical (unpaired) electrons. The zero-order valence-electron chi connectivity index (χ0n) is 15.5. The molecule has 136 valence electrons. The van der Waals surface area contributed by atoms with Gasteiger partial charge in [-0.2, -0.15) is 0 Å². The van der Waals surface area contributed by atoms with E-state index in [0.29, 0.717) is 29.5 Å². The number of aliphatic hydroxyl groups excluding tert-OH is 2. The molecule has 0 saturated heterocycles. The molecule has 4 saturated carbocycles. The van der Waals surface area contributed by atoms with Gasteiger partial charge >= 0.3 is 0 Å². The van der Waals surface area contributed by atoms with Crippen LogP contribution in [-0.4, -0.2) is 28.2 Å². The van der Waals surface area contributed by atoms with Crippen molar-refractivity contribution in [1.82, 2.24) is 0 Å². The van der Waals surface area contributed by atoms with Crippen molar-refractivity contribution in [2.75, 3.05) is 0 Å². The third kappa shape index (κ3) is 2.13. The molecule has 4 fully saturated rings. The Hall–Kier alpha value is -0.410. The molecular weight excluding hydrogens is 300 g/mol. The molecule has 4 aliphatic carbocycles. The second-order valence-electron chi connectivity index (χ2n) is 9.91. The van der Waals surface area contributed by atoms with E-state index in [-0.39, 0.29) is 16.7 Å². The van der Waals surface area contributed by atoms with E-state index in [1.807, 2.05) is 0 Å². The van der Waals surface area contributed by atoms with Gasteiger partial charge in [0.25, 0.3) is 0 Å². The van der Waals surface area contributed by atoms with Crippen molar-refractivity contribution in [1.29, 1.82) is 0 Å². The van der Waals surface area contributed by atoms with Crippen molar-refractivity contribution in [2.24, 2.45) is 40.4 Å². The first-order chi connectivity index (χ1) is 11.3. The van der Waals surface area contributed by atoms with Gasteiger partial charge in [-0.25, -0.2) is 0 Å². The summed E-state index contributed by atoms with van der Waals surface area (Å²) in [6.45, 7) is 6.94. The van der Waals surface area contributed by atoms with Crippen molar-refractivity contribution in [3.8, 4) is 0 Å². The maximum atomic E-state index is 12.6. The summed E-state index contributed by atoms with van der Waals surface area (Å²) in [5, 5.41) is 20.5. The number of carbonyl (C=O) groups excluding carboxylic acids is 1. The van der Waals surface area contributed by atoms with Crippen LogP contribution in [0.4, 0.5) is 0 Å². The molecule has 9 atom stereocenters. The van der Waals surface area contributed by atoms with E-state index >= 15 is 0 Å². The predicted molar refractivity (Wildman–Crippen MR) is 93.3 cm³/mol. The van der Waals surface area contributed by atoms with E-state index in [1.54, 1.807) is 0 Å². The Morgan fingerprint density at radius 1 is 1.04 bits per heavy atom. The Bertz CT molecular complexity index is 531. The van der Waals surface area contributed by atoms with Crippen LogP contribution in [0.3, 0.4) is 0 Å². The fraction of sp³-hybridized carbons (Fsp3) is 0.952. The number of aliphatic hydroxyl groups is 2. The highest BCUT2D eigenvalue weighted by molar-refractivity contribution is 5.84. The molecule has 3 nitrogen and oxygen atoms in total. The second kappa shape index (κ2) is 5.54. The number of ketones is 1. The van der Waals surface area contributed by atoms with Crippen LogP contribution in [0.2, 0.25) is 0 Å². The van der Waals surface area contributed by atoms with E-state index in [2.05, 4.69) is 20.8 Å². The number of Topliss-reactive ketones (excluding diaryl/α,β-unsaturated/α-hetero) is 1. The zero-order valence-corrected chi connectivity index (χ0v) is 15.5. The minimum absolute atomic E-state index is 0.149. The molecule has 0 aliphatic heterocycles. The SMILES string of the molecule is CC[C@H]1C(=O)C[C@H]2[C@@H]3CC[C@H]4C[C@@H](O)[C@H](O)C[C@]4(C)[C@H]3CC[C@@]12C. The van der Waals surface area contributed by atoms with Crippen LogP contribution in [0, 0.1) is 40.4 Å². The predicted octanol–water partition coefficient (Wildman–Crippen LogP) is 3.57. The first-order valence-corrected chi connectivity index (χ1v) is 10.2. The summed E-state index contributed by atoms with van der Waals surface area (Å²) in [5.41, 5.74) is 0.360. The highest BCUT2D eigenvalue weighted by Gasteiger charge is 2.62. The van der Waals surface area contributed by atoms with E-state index in [0.717, 1.165) is 25.7 Å². The van der Waals surface area contributed by atoms with Gasteiger partial charge in [-0.3, -0.25) is 4.79 Å². The minimum Gasteiger partial charge on any atom is -0.390 e. The van der Waals surface area contributed by atoms with Gasteiger partial charge in [0.05, 0.1) is 12.2 Å². The standard InChI is InChI=1S/C21H34O3/c1-4-14-17(22)10-16-13-6-5-12-9-18(23)19(24)11-21(12,3)15(13)7-8-20(14,16)2/h12-16,18-19,23-24H,4-11H2,1-3H3/t12-,13+,14-,15-,16-,18+,19+,20-,21-/m0/s1. The van der Waals surface area contributed by atoms with Crippen LogP contribution in [-0.2, 0) is 4.79 Å². The van der Waals surface area contributed by atoms with Crippen molar-refractivity contribution in [3.63, 3.8) is 0 Å². The molecule has 4 aliphatic rings. The van der Waals surface area contributed by atoms with E-state index in [4.69, 9.17) is 0 Å². The lowest BCUT2D eigenvalue weighted by Crippen LogP contribution is -2.56. The van der Waals surface area contributed by atoms with E-state index < -0.39 is 12.2 Å². The smallest absolute Gasteiger partial charge is 0.136 e. The molecule has 24 heavy (non-hydrogen) atoms. The molecule has 0 amide bonds. The molecule has 0 heterocycles. The molecule has 2 N–H and O–H groups in total. The molecule has 4 rings (SSSR count). The lowest BCUT2D eigenvalue weighted by atomic mass is 9.44. The first kappa shape index (κ1) is 17.0. The summed E-state index contributed by atoms with van der Waals surface area (Å²) >= 11 is 0. The minimum atomic E-state index is -0.563. The largest absolute Gasteiger partial charge is 0.390 e. The van der Waals surface area contributed by atoms with Gasteiger partial charge < -0.3 is 10.2 Å². The zero-order chi connectivity index (χ0) is 17.3. The number of hydrogen-bond donors (Lipinski definition) is 2. The van der Waals surface area contributed by atoms with E-state index in [1.165, 1.54) is 25.7 Å². The highest BCUT2D eigenvalue weighted by Crippen LogP contribution is 2.67. The molecular formula is C21H34O3. The maximum absolute atomic E-state index is 12.6. The molecule has 0 unspecified atom stereocenters. The fourth-order valence-electron chi connectivity index (χ4n) is 7.86. The monoisotopic (exact) mass is 334 g/mol. The van der Waals surface area contributed by atoms with Crippen molar-refractivity contribution >= 4 is 5.78 Å². The Morgan fingerprint density at radius 3 is 2.50 bits per heavy atom. The van der Waals surface area contributed by atoms with Gasteiger partial charge in [-0.15, -0.1) is 0 Å². The van der Waals surface area contributed by atoms with Gasteiger partial charge in [0, 0.05) is 12.3 Å². The van der Waals surface area contributed by atoms with Gasteiger partial charge in [0.15, 0.2) is 0 Å². The number of carbonyl (C=O) groups is 1. The Balaban J connectivity index is 1.64. The second-order valence-corrected chi connectivity index (χ2v) is 9.91. The topological polar surface area (TPSA) is 57.5 Å². The quantitative estimate of drug-likeness (QED) is 0.771. The maximum Gasteiger partial charge on any atom is 0.136 e. The van der Waals surface area contributed by atoms with E-state index in [9.17, 15) is 15.0 Å². The third-order valence-electron chi connectivity index (χ3n) is 9.14. The summed E-state index contributed by atoms with van der Waals surface area (Å²) in [7, 11) is 0. The van der Waals surface area contributed by atoms with Gasteiger partial charge in [-0.05, 0) is 79.4 Å². The summed E-state index contributed by atoms with van der Waals surface area (Å²) in [4.78, 5) is 12.6. The van der Waals surface area contributed by atoms with Gasteiger partial charge in [-0.1, -0.05) is 20.8 Å². The molecule has 0 bridgehead atoms. The molecule has 0 aromatic carbocycles. The first-order valence-electron chi connectivity index (χ1n) is 10.2. The lowest BCUT2D eigenvalue weighted by molar-refractivity contribution is -0.159. The fourth-order valence-corrected chi connectivity index (χ4v) is 7.86. The molecule has 0 aromatic rings. The Morgan fingerprint density at radius 2 is 1.79 bits per heavy atom. The van der Waals surface area contributed by atoms with Gasteiger partial charge in [0.1, 0.15) is 5.78 Å². The average molecular weight is 335 g/mol. The summed E-state index contributed by atoms with van der Waals surface area (Å²) in [5.74, 6) is 3.15. The van der Waals surface area contributed by atoms with Crippen LogP contribution >= 0.6 is 0 Å². The number of hydrogen-bond acceptors (Lipinski definition) is 3. The van der Waals surface area contributed by atoms with Crippen molar-refractivity contribution in [2.45, 2.75) is 84.3 Å². The van der Waals surface area contributed by atoms with Gasteiger partial charge in [0.2, 0.25) is 0 Å². The Kier molecular flexibility index (Phi) is 3.93. The molecule has 3 heteroatoms. The normalized spacial score (nSPS) is 57.2. The summed E-state index contributed by atoms with van der Waals surface area (Å²) in [6.07, 6.45) is 6.96. The highest BCUT2D eigenvalue weighted by atomic mass is 16.3. The van der Waals surface area contributed by atoms with Crippen LogP contribution in [0.5, 0.6) is 0 Å². The number of rotatable bonds is 1. The van der Waals surface area contributed by atoms with Crippen molar-refractivity contribution in [3.05, 3.63) is 0 Å². The van der Waals surface area contributed by atoms with Crippen LogP contribution in [0.1, 0.15) is 72.1 Å². The lowest BCUT2D eigenvalue weighted by Gasteiger charge is -2.61. The molecule has 0 spiro atoms. The van der Waals surface area contributed by atoms with Crippen LogP contribution < -0.4 is 0 Å². The van der Waals surface area contributed by atoms with Crippen LogP contribution in [0.25, 0.3) is 0 Å². The van der Waals surface area contributed by atoms with Crippen LogP contribution in [0.15, 0.2) is 0 Å². The molecule has 0 aromatic heterocycles. The number of fused-ring (bicyclic) bond motifs is 5.